The standard InChI is InChI=1S/C20H21N3O3/c1-2-19(24)22-12-14-3-5-15(6-4-14)20(25)23-18-11-16(7-9-21-18)17-8-10-26-13-17/h2-7,9,11,17H,1,8,10,12-13H2,(H,22,24)(H,21,23,25). The van der Waals surface area contributed by atoms with Crippen LogP contribution in [0, 0.1) is 0 Å². The maximum atomic E-state index is 12.4. The molecule has 1 aromatic heterocycles. The second-order valence-corrected chi connectivity index (χ2v) is 6.11. The Hall–Kier alpha value is -2.99. The van der Waals surface area contributed by atoms with Gasteiger partial charge >= 0.3 is 0 Å². The fraction of sp³-hybridized carbons (Fsp3) is 0.250. The molecule has 1 saturated heterocycles. The fourth-order valence-electron chi connectivity index (χ4n) is 2.79. The van der Waals surface area contributed by atoms with E-state index in [2.05, 4.69) is 22.2 Å². The van der Waals surface area contributed by atoms with Crippen molar-refractivity contribution in [3.63, 3.8) is 0 Å². The molecule has 2 N–H and O–H groups in total. The number of aromatic nitrogens is 1. The summed E-state index contributed by atoms with van der Waals surface area (Å²) in [6.07, 6.45) is 3.91. The summed E-state index contributed by atoms with van der Waals surface area (Å²) in [4.78, 5) is 27.8. The minimum absolute atomic E-state index is 0.223. The lowest BCUT2D eigenvalue weighted by molar-refractivity contribution is -0.116. The van der Waals surface area contributed by atoms with E-state index in [-0.39, 0.29) is 11.8 Å². The Kier molecular flexibility index (Phi) is 5.76. The molecule has 1 unspecified atom stereocenters. The molecule has 26 heavy (non-hydrogen) atoms. The molecule has 1 atom stereocenters. The van der Waals surface area contributed by atoms with Crippen LogP contribution < -0.4 is 10.6 Å². The summed E-state index contributed by atoms with van der Waals surface area (Å²) in [7, 11) is 0. The largest absolute Gasteiger partial charge is 0.381 e. The van der Waals surface area contributed by atoms with Gasteiger partial charge in [-0.05, 0) is 47.9 Å². The first kappa shape index (κ1) is 17.8. The highest BCUT2D eigenvalue weighted by Crippen LogP contribution is 2.26. The second kappa shape index (κ2) is 8.40. The van der Waals surface area contributed by atoms with Gasteiger partial charge in [0.05, 0.1) is 6.61 Å². The molecule has 2 heterocycles. The Balaban J connectivity index is 1.61. The van der Waals surface area contributed by atoms with E-state index in [0.717, 1.165) is 24.2 Å². The summed E-state index contributed by atoms with van der Waals surface area (Å²) >= 11 is 0. The molecule has 6 nitrogen and oxygen atoms in total. The molecule has 1 aromatic carbocycles. The average molecular weight is 351 g/mol. The predicted molar refractivity (Wildman–Crippen MR) is 98.9 cm³/mol. The maximum absolute atomic E-state index is 12.4. The van der Waals surface area contributed by atoms with Gasteiger partial charge in [-0.25, -0.2) is 4.98 Å². The summed E-state index contributed by atoms with van der Waals surface area (Å²) in [6, 6.07) is 10.9. The van der Waals surface area contributed by atoms with E-state index in [0.29, 0.717) is 30.5 Å². The molecule has 3 rings (SSSR count). The first-order valence-corrected chi connectivity index (χ1v) is 8.50. The molecular formula is C20H21N3O3. The number of anilines is 1. The number of pyridine rings is 1. The van der Waals surface area contributed by atoms with Gasteiger partial charge in [-0.15, -0.1) is 0 Å². The van der Waals surface area contributed by atoms with Gasteiger partial charge in [0, 0.05) is 30.8 Å². The minimum Gasteiger partial charge on any atom is -0.381 e. The van der Waals surface area contributed by atoms with Crippen LogP contribution in [-0.2, 0) is 16.1 Å². The van der Waals surface area contributed by atoms with Crippen LogP contribution in [-0.4, -0.2) is 30.0 Å². The van der Waals surface area contributed by atoms with Gasteiger partial charge in [0.15, 0.2) is 0 Å². The van der Waals surface area contributed by atoms with Gasteiger partial charge in [0.1, 0.15) is 5.82 Å². The molecule has 0 spiro atoms. The van der Waals surface area contributed by atoms with Crippen LogP contribution in [0.5, 0.6) is 0 Å². The highest BCUT2D eigenvalue weighted by molar-refractivity contribution is 6.03. The number of nitrogens with zero attached hydrogens (tertiary/aromatic N) is 1. The van der Waals surface area contributed by atoms with Crippen molar-refractivity contribution in [2.75, 3.05) is 18.5 Å². The molecule has 2 aromatic rings. The molecule has 0 bridgehead atoms. The SMILES string of the molecule is C=CC(=O)NCc1ccc(C(=O)Nc2cc(C3CCOC3)ccn2)cc1. The summed E-state index contributed by atoms with van der Waals surface area (Å²) in [5.74, 6) is 0.435. The van der Waals surface area contributed by atoms with Crippen molar-refractivity contribution in [2.24, 2.45) is 0 Å². The van der Waals surface area contributed by atoms with Crippen LogP contribution in [0.3, 0.4) is 0 Å². The monoisotopic (exact) mass is 351 g/mol. The third-order valence-electron chi connectivity index (χ3n) is 4.29. The molecular weight excluding hydrogens is 330 g/mol. The zero-order chi connectivity index (χ0) is 18.4. The molecule has 134 valence electrons. The van der Waals surface area contributed by atoms with E-state index in [1.54, 1.807) is 30.5 Å². The van der Waals surface area contributed by atoms with E-state index in [1.807, 2.05) is 12.1 Å². The van der Waals surface area contributed by atoms with Crippen LogP contribution in [0.4, 0.5) is 5.82 Å². The van der Waals surface area contributed by atoms with Crippen molar-refractivity contribution in [1.29, 1.82) is 0 Å². The Morgan fingerprint density at radius 1 is 1.27 bits per heavy atom. The molecule has 1 aliphatic heterocycles. The Labute approximate surface area is 152 Å². The summed E-state index contributed by atoms with van der Waals surface area (Å²) in [5.41, 5.74) is 2.56. The van der Waals surface area contributed by atoms with Crippen molar-refractivity contribution in [2.45, 2.75) is 18.9 Å². The van der Waals surface area contributed by atoms with Gasteiger partial charge in [-0.3, -0.25) is 9.59 Å². The zero-order valence-corrected chi connectivity index (χ0v) is 14.4. The zero-order valence-electron chi connectivity index (χ0n) is 14.4. The molecule has 6 heteroatoms. The molecule has 0 saturated carbocycles. The topological polar surface area (TPSA) is 80.3 Å². The lowest BCUT2D eigenvalue weighted by Gasteiger charge is -2.10. The van der Waals surface area contributed by atoms with E-state index >= 15 is 0 Å². The highest BCUT2D eigenvalue weighted by Gasteiger charge is 2.18. The predicted octanol–water partition coefficient (Wildman–Crippen LogP) is 2.64. The van der Waals surface area contributed by atoms with Gasteiger partial charge in [0.2, 0.25) is 5.91 Å². The number of ether oxygens (including phenoxy) is 1. The Morgan fingerprint density at radius 3 is 2.77 bits per heavy atom. The van der Waals surface area contributed by atoms with E-state index < -0.39 is 0 Å². The first-order chi connectivity index (χ1) is 12.7. The van der Waals surface area contributed by atoms with E-state index in [4.69, 9.17) is 4.74 Å². The van der Waals surface area contributed by atoms with Gasteiger partial charge < -0.3 is 15.4 Å². The number of carbonyl (C=O) groups is 2. The number of benzene rings is 1. The molecule has 2 amide bonds. The van der Waals surface area contributed by atoms with Crippen molar-refractivity contribution in [3.05, 3.63) is 71.9 Å². The highest BCUT2D eigenvalue weighted by atomic mass is 16.5. The third kappa shape index (κ3) is 4.55. The quantitative estimate of drug-likeness (QED) is 0.784. The molecule has 0 aliphatic carbocycles. The number of amides is 2. The Bertz CT molecular complexity index is 796. The third-order valence-corrected chi connectivity index (χ3v) is 4.29. The number of hydrogen-bond donors (Lipinski definition) is 2. The smallest absolute Gasteiger partial charge is 0.256 e. The van der Waals surface area contributed by atoms with Crippen LogP contribution >= 0.6 is 0 Å². The molecule has 1 fully saturated rings. The lowest BCUT2D eigenvalue weighted by atomic mass is 10.00. The van der Waals surface area contributed by atoms with Crippen molar-refractivity contribution < 1.29 is 14.3 Å². The Morgan fingerprint density at radius 2 is 2.08 bits per heavy atom. The van der Waals surface area contributed by atoms with Crippen molar-refractivity contribution in [3.8, 4) is 0 Å². The number of rotatable bonds is 6. The van der Waals surface area contributed by atoms with Gasteiger partial charge in [-0.1, -0.05) is 18.7 Å². The number of hydrogen-bond acceptors (Lipinski definition) is 4. The lowest BCUT2D eigenvalue weighted by Crippen LogP contribution is -2.20. The number of carbonyl (C=O) groups excluding carboxylic acids is 2. The molecule has 1 aliphatic rings. The van der Waals surface area contributed by atoms with Crippen LogP contribution in [0.1, 0.15) is 33.8 Å². The van der Waals surface area contributed by atoms with Crippen LogP contribution in [0.25, 0.3) is 0 Å². The maximum Gasteiger partial charge on any atom is 0.256 e. The molecule has 0 radical (unpaired) electrons. The minimum atomic E-state index is -0.231. The van der Waals surface area contributed by atoms with E-state index in [1.165, 1.54) is 6.08 Å². The van der Waals surface area contributed by atoms with Crippen LogP contribution in [0.15, 0.2) is 55.3 Å². The first-order valence-electron chi connectivity index (χ1n) is 8.50. The summed E-state index contributed by atoms with van der Waals surface area (Å²) < 4.78 is 5.42. The van der Waals surface area contributed by atoms with Gasteiger partial charge in [-0.2, -0.15) is 0 Å². The van der Waals surface area contributed by atoms with E-state index in [9.17, 15) is 9.59 Å². The number of nitrogens with one attached hydrogen (secondary N) is 2. The fourth-order valence-corrected chi connectivity index (χ4v) is 2.79. The summed E-state index contributed by atoms with van der Waals surface area (Å²) in [6.45, 7) is 5.27. The van der Waals surface area contributed by atoms with Crippen molar-refractivity contribution >= 4 is 17.6 Å². The normalized spacial score (nSPS) is 16.1. The van der Waals surface area contributed by atoms with Gasteiger partial charge in [0.25, 0.3) is 5.91 Å². The summed E-state index contributed by atoms with van der Waals surface area (Å²) in [5, 5.41) is 5.52. The second-order valence-electron chi connectivity index (χ2n) is 6.11. The average Bonchev–Trinajstić information content (AvgIpc) is 3.21. The van der Waals surface area contributed by atoms with Crippen LogP contribution in [0.2, 0.25) is 0 Å². The van der Waals surface area contributed by atoms with Crippen molar-refractivity contribution in [1.82, 2.24) is 10.3 Å².